The molecule has 4 atom stereocenters. The van der Waals surface area contributed by atoms with Crippen LogP contribution in [0.2, 0.25) is 0 Å². The molecule has 0 heterocycles. The zero-order chi connectivity index (χ0) is 29.8. The highest BCUT2D eigenvalue weighted by molar-refractivity contribution is 5.83. The Balaban J connectivity index is 0.000000220. The summed E-state index contributed by atoms with van der Waals surface area (Å²) in [6.07, 6.45) is 9.90. The van der Waals surface area contributed by atoms with E-state index in [1.807, 2.05) is 41.5 Å². The summed E-state index contributed by atoms with van der Waals surface area (Å²) >= 11 is 0. The average Bonchev–Trinajstić information content (AvgIpc) is 3.19. The molecule has 8 nitrogen and oxygen atoms in total. The molecule has 4 saturated carbocycles. The number of hydrogen-bond acceptors (Lipinski definition) is 8. The monoisotopic (exact) mass is 562 g/mol. The summed E-state index contributed by atoms with van der Waals surface area (Å²) in [6, 6.07) is 0. The lowest BCUT2D eigenvalue weighted by Crippen LogP contribution is -2.34. The summed E-state index contributed by atoms with van der Waals surface area (Å²) in [6.45, 7) is 11.3. The molecule has 4 rings (SSSR count). The van der Waals surface area contributed by atoms with Crippen LogP contribution >= 0.6 is 0 Å². The van der Waals surface area contributed by atoms with Crippen LogP contribution in [0, 0.1) is 41.4 Å². The van der Waals surface area contributed by atoms with Gasteiger partial charge in [-0.3, -0.25) is 14.4 Å². The van der Waals surface area contributed by atoms with Gasteiger partial charge in [-0.05, 0) is 122 Å². The van der Waals surface area contributed by atoms with Crippen molar-refractivity contribution in [1.29, 1.82) is 0 Å². The zero-order valence-electron chi connectivity index (χ0n) is 25.7. The van der Waals surface area contributed by atoms with E-state index in [0.29, 0.717) is 36.0 Å². The summed E-state index contributed by atoms with van der Waals surface area (Å²) in [5.74, 6) is 1.49. The van der Waals surface area contributed by atoms with E-state index in [2.05, 4.69) is 0 Å². The van der Waals surface area contributed by atoms with E-state index in [0.717, 1.165) is 51.4 Å². The molecule has 0 saturated heterocycles. The molecular weight excluding hydrogens is 512 g/mol. The third kappa shape index (κ3) is 8.81. The number of methoxy groups -OCH3 is 2. The minimum absolute atomic E-state index is 0.00622. The van der Waals surface area contributed by atoms with E-state index in [4.69, 9.17) is 18.9 Å². The second-order valence-corrected chi connectivity index (χ2v) is 14.1. The van der Waals surface area contributed by atoms with Gasteiger partial charge in [-0.2, -0.15) is 0 Å². The Morgan fingerprint density at radius 3 is 1.57 bits per heavy atom. The van der Waals surface area contributed by atoms with Gasteiger partial charge in [0.25, 0.3) is 0 Å². The Bertz CT molecular complexity index is 938. The van der Waals surface area contributed by atoms with Gasteiger partial charge < -0.3 is 18.9 Å². The molecule has 4 bridgehead atoms. The van der Waals surface area contributed by atoms with Crippen LogP contribution in [0.25, 0.3) is 0 Å². The van der Waals surface area contributed by atoms with Gasteiger partial charge in [0.2, 0.25) is 0 Å². The lowest BCUT2D eigenvalue weighted by Gasteiger charge is -2.34. The molecule has 0 spiro atoms. The molecule has 40 heavy (non-hydrogen) atoms. The van der Waals surface area contributed by atoms with E-state index in [1.54, 1.807) is 6.08 Å². The molecule has 0 amide bonds. The maximum Gasteiger partial charge on any atom is 0.331 e. The number of allylic oxidation sites excluding steroid dienone is 1. The quantitative estimate of drug-likeness (QED) is 0.235. The molecule has 0 N–H and O–H groups in total. The number of carbonyl (C=O) groups excluding carboxylic acids is 4. The molecule has 0 aliphatic heterocycles. The maximum atomic E-state index is 12.0. The number of rotatable bonds is 5. The predicted molar refractivity (Wildman–Crippen MR) is 150 cm³/mol. The van der Waals surface area contributed by atoms with Crippen LogP contribution in [0.3, 0.4) is 0 Å². The van der Waals surface area contributed by atoms with E-state index < -0.39 is 11.2 Å². The van der Waals surface area contributed by atoms with Crippen molar-refractivity contribution in [2.75, 3.05) is 14.2 Å². The highest BCUT2D eigenvalue weighted by Crippen LogP contribution is 2.51. The second-order valence-electron chi connectivity index (χ2n) is 14.1. The predicted octanol–water partition coefficient (Wildman–Crippen LogP) is 5.81. The van der Waals surface area contributed by atoms with Gasteiger partial charge in [0.1, 0.15) is 11.2 Å². The van der Waals surface area contributed by atoms with Crippen molar-refractivity contribution >= 4 is 23.9 Å². The van der Waals surface area contributed by atoms with Gasteiger partial charge in [-0.1, -0.05) is 5.57 Å². The largest absolute Gasteiger partial charge is 0.469 e. The Labute approximate surface area is 239 Å². The van der Waals surface area contributed by atoms with Gasteiger partial charge in [0.15, 0.2) is 0 Å². The van der Waals surface area contributed by atoms with Crippen molar-refractivity contribution in [2.24, 2.45) is 41.4 Å². The van der Waals surface area contributed by atoms with Crippen LogP contribution in [0.5, 0.6) is 0 Å². The molecule has 0 aromatic heterocycles. The molecule has 4 aliphatic rings. The van der Waals surface area contributed by atoms with Crippen LogP contribution in [0.1, 0.15) is 99.3 Å². The van der Waals surface area contributed by atoms with Crippen LogP contribution in [0.4, 0.5) is 0 Å². The SMILES string of the molecule is COC(=O)C1CC2CCC(C1)C2=CC(=O)OC(C)(C)C.COC(=O)C1CC2CCC(C1)C2CC(=O)OC(C)(C)C. The maximum absolute atomic E-state index is 12.0. The molecule has 0 aromatic carbocycles. The zero-order valence-corrected chi connectivity index (χ0v) is 25.7. The van der Waals surface area contributed by atoms with Crippen molar-refractivity contribution in [3.63, 3.8) is 0 Å². The lowest BCUT2D eigenvalue weighted by atomic mass is 9.72. The molecule has 0 radical (unpaired) electrons. The van der Waals surface area contributed by atoms with Crippen LogP contribution < -0.4 is 0 Å². The van der Waals surface area contributed by atoms with Gasteiger partial charge in [-0.25, -0.2) is 4.79 Å². The summed E-state index contributed by atoms with van der Waals surface area (Å²) < 4.78 is 20.5. The summed E-state index contributed by atoms with van der Waals surface area (Å²) in [5, 5.41) is 0. The minimum atomic E-state index is -0.462. The van der Waals surface area contributed by atoms with Gasteiger partial charge in [0.05, 0.1) is 26.1 Å². The fourth-order valence-electron chi connectivity index (χ4n) is 7.34. The molecule has 0 aromatic rings. The molecule has 8 heteroatoms. The highest BCUT2D eigenvalue weighted by atomic mass is 16.6. The van der Waals surface area contributed by atoms with Gasteiger partial charge in [0, 0.05) is 12.5 Å². The topological polar surface area (TPSA) is 105 Å². The standard InChI is InChI=1S/C16H26O4.C16H24O4/c2*1-16(2,3)20-14(17)9-13-10-5-6-11(13)8-12(7-10)15(18)19-4/h10-13H,5-9H2,1-4H3;9-12H,5-8H2,1-4H3. The van der Waals surface area contributed by atoms with Crippen LogP contribution in [0.15, 0.2) is 11.6 Å². The Morgan fingerprint density at radius 2 is 1.15 bits per heavy atom. The second kappa shape index (κ2) is 13.1. The molecule has 4 fully saturated rings. The Hall–Kier alpha value is -2.38. The first-order valence-corrected chi connectivity index (χ1v) is 14.9. The summed E-state index contributed by atoms with van der Waals surface area (Å²) in [7, 11) is 2.90. The Morgan fingerprint density at radius 1 is 0.700 bits per heavy atom. The van der Waals surface area contributed by atoms with Gasteiger partial charge >= 0.3 is 23.9 Å². The van der Waals surface area contributed by atoms with E-state index in [1.165, 1.54) is 19.8 Å². The number of ether oxygens (including phenoxy) is 4. The van der Waals surface area contributed by atoms with Crippen molar-refractivity contribution in [3.05, 3.63) is 11.6 Å². The van der Waals surface area contributed by atoms with E-state index in [9.17, 15) is 19.2 Å². The van der Waals surface area contributed by atoms with Crippen LogP contribution in [-0.4, -0.2) is 49.3 Å². The third-order valence-corrected chi connectivity index (χ3v) is 8.82. The Kier molecular flexibility index (Phi) is 10.5. The fraction of sp³-hybridized carbons (Fsp3) is 0.812. The molecule has 226 valence electrons. The van der Waals surface area contributed by atoms with Crippen molar-refractivity contribution in [2.45, 2.75) is 111 Å². The van der Waals surface area contributed by atoms with E-state index in [-0.39, 0.29) is 35.7 Å². The normalized spacial score (nSPS) is 30.9. The first kappa shape index (κ1) is 32.1. The van der Waals surface area contributed by atoms with Crippen molar-refractivity contribution in [3.8, 4) is 0 Å². The number of carbonyl (C=O) groups is 4. The van der Waals surface area contributed by atoms with Crippen molar-refractivity contribution in [1.82, 2.24) is 0 Å². The first-order chi connectivity index (χ1) is 18.6. The lowest BCUT2D eigenvalue weighted by molar-refractivity contribution is -0.157. The smallest absolute Gasteiger partial charge is 0.331 e. The van der Waals surface area contributed by atoms with Gasteiger partial charge in [-0.15, -0.1) is 0 Å². The minimum Gasteiger partial charge on any atom is -0.469 e. The summed E-state index contributed by atoms with van der Waals surface area (Å²) in [4.78, 5) is 47.3. The number of esters is 4. The number of hydrogen-bond donors (Lipinski definition) is 0. The fourth-order valence-corrected chi connectivity index (χ4v) is 7.34. The third-order valence-electron chi connectivity index (χ3n) is 8.82. The average molecular weight is 563 g/mol. The van der Waals surface area contributed by atoms with Crippen molar-refractivity contribution < 1.29 is 38.1 Å². The molecule has 4 unspecified atom stereocenters. The summed E-state index contributed by atoms with van der Waals surface area (Å²) in [5.41, 5.74) is 0.301. The van der Waals surface area contributed by atoms with Crippen LogP contribution in [-0.2, 0) is 38.1 Å². The first-order valence-electron chi connectivity index (χ1n) is 14.9. The highest BCUT2D eigenvalue weighted by Gasteiger charge is 2.46. The molecular formula is C32H50O8. The molecule has 4 aliphatic carbocycles. The van der Waals surface area contributed by atoms with E-state index >= 15 is 0 Å². The number of fused-ring (bicyclic) bond motifs is 4.